The van der Waals surface area contributed by atoms with Gasteiger partial charge in [-0.05, 0) is 23.3 Å². The number of hydrogen-bond acceptors (Lipinski definition) is 4. The van der Waals surface area contributed by atoms with Gasteiger partial charge in [-0.25, -0.2) is 4.79 Å². The molecular formula is C25H25NO4. The molecule has 0 fully saturated rings. The molecule has 1 amide bonds. The Hall–Kier alpha value is -3.60. The summed E-state index contributed by atoms with van der Waals surface area (Å²) in [5, 5.41) is 2.79. The summed E-state index contributed by atoms with van der Waals surface area (Å²) < 4.78 is 10.8. The first-order chi connectivity index (χ1) is 14.7. The van der Waals surface area contributed by atoms with Crippen molar-refractivity contribution < 1.29 is 19.1 Å². The second-order valence-corrected chi connectivity index (χ2v) is 6.82. The molecule has 0 spiro atoms. The standard InChI is InChI=1S/C25H25NO4/c1-29-25(28)22(18-20-12-6-3-7-13-20)26-24(27)21-14-8-9-15-23(21)30-17-16-19-10-4-2-5-11-19/h2-15,22H,16-18H2,1H3,(H,26,27). The van der Waals surface area contributed by atoms with Gasteiger partial charge in [0.2, 0.25) is 0 Å². The highest BCUT2D eigenvalue weighted by atomic mass is 16.5. The maximum Gasteiger partial charge on any atom is 0.328 e. The van der Waals surface area contributed by atoms with E-state index in [1.807, 2.05) is 66.7 Å². The van der Waals surface area contributed by atoms with Crippen molar-refractivity contribution in [2.45, 2.75) is 18.9 Å². The molecular weight excluding hydrogens is 378 g/mol. The predicted octanol–water partition coefficient (Wildman–Crippen LogP) is 3.82. The summed E-state index contributed by atoms with van der Waals surface area (Å²) in [4.78, 5) is 25.1. The topological polar surface area (TPSA) is 64.6 Å². The van der Waals surface area contributed by atoms with Crippen LogP contribution in [0, 0.1) is 0 Å². The lowest BCUT2D eigenvalue weighted by Gasteiger charge is -2.18. The van der Waals surface area contributed by atoms with Crippen molar-refractivity contribution in [3.63, 3.8) is 0 Å². The van der Waals surface area contributed by atoms with Crippen molar-refractivity contribution in [1.82, 2.24) is 5.32 Å². The third-order valence-corrected chi connectivity index (χ3v) is 4.70. The van der Waals surface area contributed by atoms with Crippen LogP contribution in [0.15, 0.2) is 84.9 Å². The number of methoxy groups -OCH3 is 1. The zero-order valence-corrected chi connectivity index (χ0v) is 16.9. The van der Waals surface area contributed by atoms with E-state index in [1.54, 1.807) is 18.2 Å². The Morgan fingerprint density at radius 2 is 1.43 bits per heavy atom. The van der Waals surface area contributed by atoms with Crippen LogP contribution in [-0.4, -0.2) is 31.6 Å². The molecule has 5 nitrogen and oxygen atoms in total. The Bertz CT molecular complexity index is 957. The average Bonchev–Trinajstić information content (AvgIpc) is 2.80. The molecule has 3 aromatic rings. The van der Waals surface area contributed by atoms with Gasteiger partial charge >= 0.3 is 5.97 Å². The number of ether oxygens (including phenoxy) is 2. The molecule has 0 aliphatic carbocycles. The largest absolute Gasteiger partial charge is 0.492 e. The minimum atomic E-state index is -0.790. The lowest BCUT2D eigenvalue weighted by atomic mass is 10.1. The normalized spacial score (nSPS) is 11.4. The van der Waals surface area contributed by atoms with Crippen LogP contribution in [0.5, 0.6) is 5.75 Å². The van der Waals surface area contributed by atoms with Crippen LogP contribution in [0.25, 0.3) is 0 Å². The lowest BCUT2D eigenvalue weighted by Crippen LogP contribution is -2.43. The van der Waals surface area contributed by atoms with E-state index in [1.165, 1.54) is 7.11 Å². The van der Waals surface area contributed by atoms with Crippen LogP contribution < -0.4 is 10.1 Å². The molecule has 1 N–H and O–H groups in total. The number of amides is 1. The van der Waals surface area contributed by atoms with Gasteiger partial charge in [0.15, 0.2) is 0 Å². The molecule has 30 heavy (non-hydrogen) atoms. The second-order valence-electron chi connectivity index (χ2n) is 6.82. The molecule has 0 radical (unpaired) electrons. The Kier molecular flexibility index (Phi) is 7.61. The minimum Gasteiger partial charge on any atom is -0.492 e. The first-order valence-electron chi connectivity index (χ1n) is 9.85. The lowest BCUT2D eigenvalue weighted by molar-refractivity contribution is -0.142. The third kappa shape index (κ3) is 5.95. The van der Waals surface area contributed by atoms with Crippen molar-refractivity contribution in [3.05, 3.63) is 102 Å². The highest BCUT2D eigenvalue weighted by Gasteiger charge is 2.24. The van der Waals surface area contributed by atoms with E-state index in [9.17, 15) is 9.59 Å². The Balaban J connectivity index is 1.67. The van der Waals surface area contributed by atoms with Crippen molar-refractivity contribution in [2.24, 2.45) is 0 Å². The minimum absolute atomic E-state index is 0.344. The van der Waals surface area contributed by atoms with Crippen molar-refractivity contribution in [3.8, 4) is 5.75 Å². The highest BCUT2D eigenvalue weighted by Crippen LogP contribution is 2.19. The Morgan fingerprint density at radius 3 is 2.10 bits per heavy atom. The van der Waals surface area contributed by atoms with Crippen LogP contribution in [0.2, 0.25) is 0 Å². The number of hydrogen-bond donors (Lipinski definition) is 1. The van der Waals surface area contributed by atoms with Crippen LogP contribution in [-0.2, 0) is 22.4 Å². The monoisotopic (exact) mass is 403 g/mol. The zero-order chi connectivity index (χ0) is 21.2. The molecule has 0 aliphatic heterocycles. The molecule has 0 saturated heterocycles. The second kappa shape index (κ2) is 10.8. The summed E-state index contributed by atoms with van der Waals surface area (Å²) in [6, 6.07) is 25.7. The highest BCUT2D eigenvalue weighted by molar-refractivity contribution is 5.99. The maximum absolute atomic E-state index is 12.9. The summed E-state index contributed by atoms with van der Waals surface area (Å²) in [6.45, 7) is 0.443. The van der Waals surface area contributed by atoms with Gasteiger partial charge < -0.3 is 14.8 Å². The van der Waals surface area contributed by atoms with Crippen LogP contribution >= 0.6 is 0 Å². The molecule has 1 unspecified atom stereocenters. The smallest absolute Gasteiger partial charge is 0.328 e. The van der Waals surface area contributed by atoms with E-state index in [0.29, 0.717) is 24.3 Å². The third-order valence-electron chi connectivity index (χ3n) is 4.70. The van der Waals surface area contributed by atoms with E-state index in [4.69, 9.17) is 9.47 Å². The molecule has 154 valence electrons. The number of esters is 1. The molecule has 0 bridgehead atoms. The van der Waals surface area contributed by atoms with Gasteiger partial charge in [0.05, 0.1) is 19.3 Å². The summed E-state index contributed by atoms with van der Waals surface area (Å²) in [6.07, 6.45) is 1.08. The number of nitrogens with one attached hydrogen (secondary N) is 1. The van der Waals surface area contributed by atoms with Crippen LogP contribution in [0.1, 0.15) is 21.5 Å². The number of rotatable bonds is 9. The van der Waals surface area contributed by atoms with Gasteiger partial charge in [-0.3, -0.25) is 4.79 Å². The Morgan fingerprint density at radius 1 is 0.833 bits per heavy atom. The quantitative estimate of drug-likeness (QED) is 0.552. The first-order valence-corrected chi connectivity index (χ1v) is 9.85. The van der Waals surface area contributed by atoms with Gasteiger partial charge in [0, 0.05) is 12.8 Å². The number of carbonyl (C=O) groups excluding carboxylic acids is 2. The van der Waals surface area contributed by atoms with Gasteiger partial charge in [-0.1, -0.05) is 72.8 Å². The predicted molar refractivity (Wildman–Crippen MR) is 115 cm³/mol. The number of carbonyl (C=O) groups is 2. The van der Waals surface area contributed by atoms with Crippen LogP contribution in [0.3, 0.4) is 0 Å². The molecule has 0 saturated carbocycles. The van der Waals surface area contributed by atoms with Crippen molar-refractivity contribution in [2.75, 3.05) is 13.7 Å². The summed E-state index contributed by atoms with van der Waals surface area (Å²) in [5.41, 5.74) is 2.47. The van der Waals surface area contributed by atoms with Crippen molar-refractivity contribution >= 4 is 11.9 Å². The molecule has 5 heteroatoms. The molecule has 0 aliphatic rings. The van der Waals surface area contributed by atoms with E-state index < -0.39 is 12.0 Å². The molecule has 0 aromatic heterocycles. The molecule has 3 aromatic carbocycles. The fourth-order valence-electron chi connectivity index (χ4n) is 3.12. The van der Waals surface area contributed by atoms with E-state index >= 15 is 0 Å². The summed E-state index contributed by atoms with van der Waals surface area (Å²) in [5.74, 6) is -0.388. The maximum atomic E-state index is 12.9. The van der Waals surface area contributed by atoms with E-state index in [0.717, 1.165) is 17.5 Å². The Labute approximate surface area is 176 Å². The van der Waals surface area contributed by atoms with Gasteiger partial charge in [0.1, 0.15) is 11.8 Å². The average molecular weight is 403 g/mol. The number of para-hydroxylation sites is 1. The van der Waals surface area contributed by atoms with E-state index in [2.05, 4.69) is 5.32 Å². The van der Waals surface area contributed by atoms with Gasteiger partial charge in [-0.15, -0.1) is 0 Å². The first kappa shape index (κ1) is 21.1. The molecule has 1 atom stereocenters. The van der Waals surface area contributed by atoms with Crippen LogP contribution in [0.4, 0.5) is 0 Å². The molecule has 0 heterocycles. The molecule has 3 rings (SSSR count). The fourth-order valence-corrected chi connectivity index (χ4v) is 3.12. The summed E-state index contributed by atoms with van der Waals surface area (Å²) >= 11 is 0. The van der Waals surface area contributed by atoms with Gasteiger partial charge in [-0.2, -0.15) is 0 Å². The van der Waals surface area contributed by atoms with Crippen molar-refractivity contribution in [1.29, 1.82) is 0 Å². The zero-order valence-electron chi connectivity index (χ0n) is 16.9. The summed E-state index contributed by atoms with van der Waals surface area (Å²) in [7, 11) is 1.31. The fraction of sp³-hybridized carbons (Fsp3) is 0.200. The van der Waals surface area contributed by atoms with E-state index in [-0.39, 0.29) is 5.91 Å². The SMILES string of the molecule is COC(=O)C(Cc1ccccc1)NC(=O)c1ccccc1OCCc1ccccc1. The van der Waals surface area contributed by atoms with Gasteiger partial charge in [0.25, 0.3) is 5.91 Å². The number of benzene rings is 3.